The number of hydrogen-bond donors (Lipinski definition) is 0. The fourth-order valence-electron chi connectivity index (χ4n) is 3.85. The van der Waals surface area contributed by atoms with Gasteiger partial charge >= 0.3 is 0 Å². The average molecular weight is 482 g/mol. The Hall–Kier alpha value is -2.90. The van der Waals surface area contributed by atoms with Crippen molar-refractivity contribution in [1.29, 1.82) is 0 Å². The first-order valence-corrected chi connectivity index (χ1v) is 11.2. The van der Waals surface area contributed by atoms with Crippen LogP contribution < -0.4 is 4.74 Å². The number of rotatable bonds is 7. The summed E-state index contributed by atoms with van der Waals surface area (Å²) in [5.41, 5.74) is 2.97. The monoisotopic (exact) mass is 481 g/mol. The van der Waals surface area contributed by atoms with Crippen molar-refractivity contribution in [3.05, 3.63) is 101 Å². The van der Waals surface area contributed by atoms with Gasteiger partial charge in [0.2, 0.25) is 5.79 Å². The molecule has 1 saturated heterocycles. The first-order valence-electron chi connectivity index (χ1n) is 10.5. The predicted octanol–water partition coefficient (Wildman–Crippen LogP) is 5.60. The third-order valence-electron chi connectivity index (χ3n) is 5.43. The summed E-state index contributed by atoms with van der Waals surface area (Å²) in [7, 11) is 0. The van der Waals surface area contributed by atoms with Crippen LogP contribution in [0.4, 0.5) is 0 Å². The Morgan fingerprint density at radius 1 is 1.00 bits per heavy atom. The standard InChI is InChI=1S/C25H21Cl2N3O3/c26-20-8-11-23(24(27)12-20)25(15-30-17-28-16-29-30)32-14-22(33-25)13-31-21-9-6-19(7-10-21)18-4-2-1-3-5-18/h1-12,16-17,22H,13-15H2/t22-,25-/m1/s1. The molecule has 4 aromatic rings. The molecular weight excluding hydrogens is 461 g/mol. The van der Waals surface area contributed by atoms with Crippen molar-refractivity contribution < 1.29 is 14.2 Å². The van der Waals surface area contributed by atoms with Gasteiger partial charge in [0, 0.05) is 10.6 Å². The van der Waals surface area contributed by atoms with Crippen LogP contribution in [-0.4, -0.2) is 34.1 Å². The zero-order chi connectivity index (χ0) is 22.7. The summed E-state index contributed by atoms with van der Waals surface area (Å²) in [6, 6.07) is 23.4. The molecule has 0 spiro atoms. The summed E-state index contributed by atoms with van der Waals surface area (Å²) in [6.45, 7) is 0.960. The lowest BCUT2D eigenvalue weighted by atomic mass is 10.1. The van der Waals surface area contributed by atoms with Gasteiger partial charge < -0.3 is 14.2 Å². The summed E-state index contributed by atoms with van der Waals surface area (Å²) in [6.07, 6.45) is 2.77. The normalized spacial score (nSPS) is 20.1. The molecule has 33 heavy (non-hydrogen) atoms. The van der Waals surface area contributed by atoms with E-state index in [1.54, 1.807) is 23.1 Å². The quantitative estimate of drug-likeness (QED) is 0.343. The lowest BCUT2D eigenvalue weighted by molar-refractivity contribution is -0.190. The molecule has 2 heterocycles. The maximum absolute atomic E-state index is 6.50. The Morgan fingerprint density at radius 2 is 1.79 bits per heavy atom. The molecule has 5 rings (SSSR count). The van der Waals surface area contributed by atoms with Crippen molar-refractivity contribution in [1.82, 2.24) is 14.8 Å². The molecule has 1 aliphatic heterocycles. The zero-order valence-electron chi connectivity index (χ0n) is 17.6. The maximum Gasteiger partial charge on any atom is 0.217 e. The molecule has 1 aromatic heterocycles. The minimum Gasteiger partial charge on any atom is -0.491 e. The predicted molar refractivity (Wildman–Crippen MR) is 126 cm³/mol. The molecule has 1 fully saturated rings. The van der Waals surface area contributed by atoms with Gasteiger partial charge in [-0.25, -0.2) is 9.67 Å². The molecule has 0 radical (unpaired) electrons. The van der Waals surface area contributed by atoms with Gasteiger partial charge in [-0.3, -0.25) is 0 Å². The highest BCUT2D eigenvalue weighted by atomic mass is 35.5. The molecule has 2 atom stereocenters. The maximum atomic E-state index is 6.50. The SMILES string of the molecule is Clc1ccc([C@]2(Cn3cncn3)OC[C@@H](COc3ccc(-c4ccccc4)cc3)O2)c(Cl)c1. The molecular formula is C25H21Cl2N3O3. The van der Waals surface area contributed by atoms with Crippen LogP contribution in [0.2, 0.25) is 10.0 Å². The van der Waals surface area contributed by atoms with Crippen molar-refractivity contribution in [3.63, 3.8) is 0 Å². The second-order valence-electron chi connectivity index (χ2n) is 7.72. The minimum absolute atomic E-state index is 0.288. The van der Waals surface area contributed by atoms with Crippen LogP contribution in [0.15, 0.2) is 85.5 Å². The Morgan fingerprint density at radius 3 is 2.52 bits per heavy atom. The van der Waals surface area contributed by atoms with Crippen molar-refractivity contribution in [2.75, 3.05) is 13.2 Å². The fraction of sp³-hybridized carbons (Fsp3) is 0.200. The highest BCUT2D eigenvalue weighted by molar-refractivity contribution is 6.35. The molecule has 3 aromatic carbocycles. The van der Waals surface area contributed by atoms with Crippen molar-refractivity contribution in [2.24, 2.45) is 0 Å². The molecule has 0 N–H and O–H groups in total. The third-order valence-corrected chi connectivity index (χ3v) is 5.98. The van der Waals surface area contributed by atoms with Crippen molar-refractivity contribution >= 4 is 23.2 Å². The van der Waals surface area contributed by atoms with E-state index in [4.69, 9.17) is 37.4 Å². The lowest BCUT2D eigenvalue weighted by Gasteiger charge is -2.29. The van der Waals surface area contributed by atoms with E-state index in [1.165, 1.54) is 6.33 Å². The van der Waals surface area contributed by atoms with Gasteiger partial charge in [-0.1, -0.05) is 71.7 Å². The molecule has 0 saturated carbocycles. The van der Waals surface area contributed by atoms with E-state index in [-0.39, 0.29) is 12.6 Å². The smallest absolute Gasteiger partial charge is 0.217 e. The van der Waals surface area contributed by atoms with Gasteiger partial charge in [-0.05, 0) is 35.4 Å². The van der Waals surface area contributed by atoms with Gasteiger partial charge in [-0.15, -0.1) is 0 Å². The van der Waals surface area contributed by atoms with Crippen LogP contribution in [0.5, 0.6) is 5.75 Å². The van der Waals surface area contributed by atoms with Gasteiger partial charge in [0.1, 0.15) is 37.7 Å². The Labute approximate surface area is 201 Å². The highest BCUT2D eigenvalue weighted by Gasteiger charge is 2.45. The fourth-order valence-corrected chi connectivity index (χ4v) is 4.40. The number of hydrogen-bond acceptors (Lipinski definition) is 5. The van der Waals surface area contributed by atoms with Crippen LogP contribution >= 0.6 is 23.2 Å². The average Bonchev–Trinajstić information content (AvgIpc) is 3.49. The van der Waals surface area contributed by atoms with Crippen molar-refractivity contribution in [3.8, 4) is 16.9 Å². The number of benzene rings is 3. The first-order chi connectivity index (χ1) is 16.1. The molecule has 8 heteroatoms. The molecule has 0 aliphatic carbocycles. The molecule has 0 bridgehead atoms. The van der Waals surface area contributed by atoms with Crippen LogP contribution in [-0.2, 0) is 21.8 Å². The Kier molecular flexibility index (Phi) is 6.33. The van der Waals surface area contributed by atoms with Gasteiger partial charge in [0.05, 0.1) is 11.6 Å². The van der Waals surface area contributed by atoms with Crippen molar-refractivity contribution in [2.45, 2.75) is 18.4 Å². The summed E-state index contributed by atoms with van der Waals surface area (Å²) >= 11 is 12.6. The van der Waals surface area contributed by atoms with E-state index < -0.39 is 5.79 Å². The molecule has 0 amide bonds. The lowest BCUT2D eigenvalue weighted by Crippen LogP contribution is -2.35. The van der Waals surface area contributed by atoms with E-state index in [1.807, 2.05) is 48.5 Å². The summed E-state index contributed by atoms with van der Waals surface area (Å²) in [4.78, 5) is 4.01. The topological polar surface area (TPSA) is 58.4 Å². The number of halogens is 2. The van der Waals surface area contributed by atoms with E-state index in [0.29, 0.717) is 28.8 Å². The van der Waals surface area contributed by atoms with Crippen LogP contribution in [0.1, 0.15) is 5.56 Å². The number of nitrogens with zero attached hydrogens (tertiary/aromatic N) is 3. The minimum atomic E-state index is -1.12. The molecule has 168 valence electrons. The molecule has 1 aliphatic rings. The zero-order valence-corrected chi connectivity index (χ0v) is 19.1. The Bertz CT molecular complexity index is 1200. The van der Waals surface area contributed by atoms with E-state index in [0.717, 1.165) is 16.9 Å². The van der Waals surface area contributed by atoms with Crippen LogP contribution in [0.3, 0.4) is 0 Å². The second-order valence-corrected chi connectivity index (χ2v) is 8.57. The van der Waals surface area contributed by atoms with E-state index in [9.17, 15) is 0 Å². The van der Waals surface area contributed by atoms with Crippen LogP contribution in [0, 0.1) is 0 Å². The van der Waals surface area contributed by atoms with Gasteiger partial charge in [-0.2, -0.15) is 5.10 Å². The second kappa shape index (κ2) is 9.53. The molecule has 0 unspecified atom stereocenters. The van der Waals surface area contributed by atoms with Gasteiger partial charge in [0.15, 0.2) is 0 Å². The Balaban J connectivity index is 1.29. The summed E-state index contributed by atoms with van der Waals surface area (Å²) < 4.78 is 20.2. The van der Waals surface area contributed by atoms with Crippen LogP contribution in [0.25, 0.3) is 11.1 Å². The molecule has 6 nitrogen and oxygen atoms in total. The first kappa shape index (κ1) is 21.9. The van der Waals surface area contributed by atoms with Gasteiger partial charge in [0.25, 0.3) is 0 Å². The van der Waals surface area contributed by atoms with E-state index >= 15 is 0 Å². The van der Waals surface area contributed by atoms with E-state index in [2.05, 4.69) is 22.2 Å². The summed E-state index contributed by atoms with van der Waals surface area (Å²) in [5.74, 6) is -0.364. The number of ether oxygens (including phenoxy) is 3. The third kappa shape index (κ3) is 4.89. The largest absolute Gasteiger partial charge is 0.491 e. The number of aromatic nitrogens is 3. The highest BCUT2D eigenvalue weighted by Crippen LogP contribution is 2.40. The summed E-state index contributed by atoms with van der Waals surface area (Å²) in [5, 5.41) is 5.19.